The topological polar surface area (TPSA) is 62.3 Å². The third-order valence-corrected chi connectivity index (χ3v) is 4.97. The predicted octanol–water partition coefficient (Wildman–Crippen LogP) is 2.25. The third kappa shape index (κ3) is 3.03. The Morgan fingerprint density at radius 1 is 1.16 bits per heavy atom. The van der Waals surface area contributed by atoms with Crippen LogP contribution in [0.15, 0.2) is 35.1 Å². The van der Waals surface area contributed by atoms with E-state index in [0.717, 1.165) is 66.9 Å². The van der Waals surface area contributed by atoms with Crippen molar-refractivity contribution < 1.29 is 4.74 Å². The molecular weight excluding hydrogens is 316 g/mol. The van der Waals surface area contributed by atoms with Gasteiger partial charge in [-0.3, -0.25) is 9.47 Å². The molecule has 6 nitrogen and oxygen atoms in total. The van der Waals surface area contributed by atoms with Crippen LogP contribution in [-0.2, 0) is 11.3 Å². The average Bonchev–Trinajstić information content (AvgIpc) is 2.98. The van der Waals surface area contributed by atoms with Gasteiger partial charge in [-0.2, -0.15) is 0 Å². The van der Waals surface area contributed by atoms with Gasteiger partial charge in [-0.1, -0.05) is 18.2 Å². The number of aromatic amines is 1. The Morgan fingerprint density at radius 2 is 2.00 bits per heavy atom. The third-order valence-electron chi connectivity index (χ3n) is 4.97. The lowest BCUT2D eigenvalue weighted by Gasteiger charge is -2.26. The molecule has 0 unspecified atom stereocenters. The van der Waals surface area contributed by atoms with Crippen molar-refractivity contribution in [1.29, 1.82) is 0 Å². The van der Waals surface area contributed by atoms with Gasteiger partial charge in [-0.05, 0) is 19.1 Å². The molecule has 0 bridgehead atoms. The molecule has 4 rings (SSSR count). The number of nitrogens with one attached hydrogen (secondary N) is 2. The minimum Gasteiger partial charge on any atom is -0.383 e. The predicted molar refractivity (Wildman–Crippen MR) is 101 cm³/mol. The van der Waals surface area contributed by atoms with E-state index in [0.29, 0.717) is 6.54 Å². The number of benzene rings is 2. The summed E-state index contributed by atoms with van der Waals surface area (Å²) in [6.45, 7) is 8.22. The van der Waals surface area contributed by atoms with Crippen molar-refractivity contribution in [2.24, 2.45) is 0 Å². The number of hydrogen-bond acceptors (Lipinski definition) is 4. The van der Waals surface area contributed by atoms with E-state index in [2.05, 4.69) is 33.4 Å². The SMILES string of the molecule is CCn1c(=O)[nH]c2c3cccc(NCCN4CCOCC4)c3ccc21. The second-order valence-electron chi connectivity index (χ2n) is 6.42. The minimum absolute atomic E-state index is 0.0457. The van der Waals surface area contributed by atoms with Crippen LogP contribution in [0.5, 0.6) is 0 Å². The Morgan fingerprint density at radius 3 is 2.80 bits per heavy atom. The van der Waals surface area contributed by atoms with Crippen molar-refractivity contribution in [2.75, 3.05) is 44.7 Å². The summed E-state index contributed by atoms with van der Waals surface area (Å²) < 4.78 is 7.16. The first-order valence-corrected chi connectivity index (χ1v) is 8.96. The van der Waals surface area contributed by atoms with Crippen molar-refractivity contribution in [3.05, 3.63) is 40.8 Å². The molecule has 1 aliphatic heterocycles. The van der Waals surface area contributed by atoms with Crippen LogP contribution in [-0.4, -0.2) is 53.8 Å². The highest BCUT2D eigenvalue weighted by molar-refractivity contribution is 6.08. The summed E-state index contributed by atoms with van der Waals surface area (Å²) in [5.41, 5.74) is 2.94. The molecule has 2 heterocycles. The van der Waals surface area contributed by atoms with Crippen LogP contribution >= 0.6 is 0 Å². The van der Waals surface area contributed by atoms with Crippen molar-refractivity contribution in [1.82, 2.24) is 14.5 Å². The largest absolute Gasteiger partial charge is 0.383 e. The Labute approximate surface area is 146 Å². The number of morpholine rings is 1. The zero-order chi connectivity index (χ0) is 17.2. The van der Waals surface area contributed by atoms with Gasteiger partial charge in [0.1, 0.15) is 0 Å². The summed E-state index contributed by atoms with van der Waals surface area (Å²) in [6.07, 6.45) is 0. The maximum absolute atomic E-state index is 12.1. The quantitative estimate of drug-likeness (QED) is 0.748. The van der Waals surface area contributed by atoms with Crippen LogP contribution in [0, 0.1) is 0 Å². The van der Waals surface area contributed by atoms with E-state index < -0.39 is 0 Å². The fourth-order valence-corrected chi connectivity index (χ4v) is 3.63. The Hall–Kier alpha value is -2.31. The molecule has 1 aromatic heterocycles. The van der Waals surface area contributed by atoms with Gasteiger partial charge in [0, 0.05) is 49.2 Å². The minimum atomic E-state index is -0.0457. The second kappa shape index (κ2) is 6.90. The van der Waals surface area contributed by atoms with Gasteiger partial charge in [0.05, 0.1) is 24.2 Å². The van der Waals surface area contributed by atoms with E-state index in [1.54, 1.807) is 4.57 Å². The fourth-order valence-electron chi connectivity index (χ4n) is 3.63. The van der Waals surface area contributed by atoms with Crippen molar-refractivity contribution in [2.45, 2.75) is 13.5 Å². The maximum Gasteiger partial charge on any atom is 0.326 e. The van der Waals surface area contributed by atoms with Crippen molar-refractivity contribution in [3.8, 4) is 0 Å². The molecule has 3 aromatic rings. The van der Waals surface area contributed by atoms with E-state index in [4.69, 9.17) is 4.74 Å². The number of imidazole rings is 1. The van der Waals surface area contributed by atoms with Gasteiger partial charge in [0.25, 0.3) is 0 Å². The highest BCUT2D eigenvalue weighted by Crippen LogP contribution is 2.28. The molecule has 6 heteroatoms. The Bertz CT molecular complexity index is 938. The molecule has 25 heavy (non-hydrogen) atoms. The van der Waals surface area contributed by atoms with E-state index in [9.17, 15) is 4.79 Å². The van der Waals surface area contributed by atoms with Crippen LogP contribution in [0.2, 0.25) is 0 Å². The van der Waals surface area contributed by atoms with E-state index >= 15 is 0 Å². The number of hydrogen-bond donors (Lipinski definition) is 2. The van der Waals surface area contributed by atoms with Gasteiger partial charge in [-0.25, -0.2) is 4.79 Å². The van der Waals surface area contributed by atoms with Gasteiger partial charge >= 0.3 is 5.69 Å². The molecule has 2 N–H and O–H groups in total. The lowest BCUT2D eigenvalue weighted by atomic mass is 10.1. The standard InChI is InChI=1S/C19H24N4O2/c1-2-23-17-7-6-14-15(18(17)21-19(23)24)4-3-5-16(14)20-8-9-22-10-12-25-13-11-22/h3-7,20H,2,8-13H2,1H3,(H,21,24). The second-order valence-corrected chi connectivity index (χ2v) is 6.42. The zero-order valence-electron chi connectivity index (χ0n) is 14.5. The Kier molecular flexibility index (Phi) is 4.46. The monoisotopic (exact) mass is 340 g/mol. The number of aromatic nitrogens is 2. The fraction of sp³-hybridized carbons (Fsp3) is 0.421. The average molecular weight is 340 g/mol. The summed E-state index contributed by atoms with van der Waals surface area (Å²) in [5.74, 6) is 0. The van der Waals surface area contributed by atoms with E-state index in [1.165, 1.54) is 0 Å². The number of ether oxygens (including phenoxy) is 1. The first-order valence-electron chi connectivity index (χ1n) is 8.96. The zero-order valence-corrected chi connectivity index (χ0v) is 14.5. The van der Waals surface area contributed by atoms with Crippen molar-refractivity contribution in [3.63, 3.8) is 0 Å². The molecule has 0 radical (unpaired) electrons. The highest BCUT2D eigenvalue weighted by atomic mass is 16.5. The van der Waals surface area contributed by atoms with Crippen LogP contribution in [0.1, 0.15) is 6.92 Å². The van der Waals surface area contributed by atoms with Crippen LogP contribution in [0.4, 0.5) is 5.69 Å². The molecule has 0 amide bonds. The summed E-state index contributed by atoms with van der Waals surface area (Å²) in [5, 5.41) is 5.78. The summed E-state index contributed by atoms with van der Waals surface area (Å²) >= 11 is 0. The van der Waals surface area contributed by atoms with Crippen LogP contribution < -0.4 is 11.0 Å². The van der Waals surface area contributed by atoms with E-state index in [-0.39, 0.29) is 5.69 Å². The summed E-state index contributed by atoms with van der Waals surface area (Å²) in [7, 11) is 0. The normalized spacial score (nSPS) is 15.9. The molecule has 0 atom stereocenters. The smallest absolute Gasteiger partial charge is 0.326 e. The molecular formula is C19H24N4O2. The number of aryl methyl sites for hydroxylation is 1. The molecule has 1 fully saturated rings. The summed E-state index contributed by atoms with van der Waals surface area (Å²) in [6, 6.07) is 10.4. The number of anilines is 1. The van der Waals surface area contributed by atoms with Gasteiger partial charge in [-0.15, -0.1) is 0 Å². The first kappa shape index (κ1) is 16.2. The number of rotatable bonds is 5. The molecule has 0 spiro atoms. The number of fused-ring (bicyclic) bond motifs is 3. The summed E-state index contributed by atoms with van der Waals surface area (Å²) in [4.78, 5) is 17.6. The van der Waals surface area contributed by atoms with Gasteiger partial charge in [0.15, 0.2) is 0 Å². The van der Waals surface area contributed by atoms with Crippen LogP contribution in [0.3, 0.4) is 0 Å². The maximum atomic E-state index is 12.1. The molecule has 1 saturated heterocycles. The lowest BCUT2D eigenvalue weighted by molar-refractivity contribution is 0.0398. The Balaban J connectivity index is 1.61. The molecule has 0 aliphatic carbocycles. The number of H-pyrrole nitrogens is 1. The van der Waals surface area contributed by atoms with Gasteiger partial charge in [0.2, 0.25) is 0 Å². The lowest BCUT2D eigenvalue weighted by Crippen LogP contribution is -2.39. The molecule has 0 saturated carbocycles. The number of nitrogens with zero attached hydrogens (tertiary/aromatic N) is 2. The molecule has 2 aromatic carbocycles. The molecule has 1 aliphatic rings. The molecule has 132 valence electrons. The van der Waals surface area contributed by atoms with Crippen molar-refractivity contribution >= 4 is 27.5 Å². The van der Waals surface area contributed by atoms with E-state index in [1.807, 2.05) is 19.1 Å². The first-order chi connectivity index (χ1) is 12.3. The highest BCUT2D eigenvalue weighted by Gasteiger charge is 2.12. The van der Waals surface area contributed by atoms with Gasteiger partial charge < -0.3 is 15.0 Å². The van der Waals surface area contributed by atoms with Crippen LogP contribution in [0.25, 0.3) is 21.8 Å².